The van der Waals surface area contributed by atoms with Crippen molar-refractivity contribution < 1.29 is 4.74 Å². The number of aryl methyl sites for hydroxylation is 1. The van der Waals surface area contributed by atoms with Gasteiger partial charge in [0.25, 0.3) is 0 Å². The molecule has 102 valence electrons. The molecule has 0 aliphatic heterocycles. The van der Waals surface area contributed by atoms with E-state index in [9.17, 15) is 0 Å². The molecule has 2 rings (SSSR count). The van der Waals surface area contributed by atoms with Gasteiger partial charge in [-0.25, -0.2) is 0 Å². The van der Waals surface area contributed by atoms with Crippen molar-refractivity contribution in [2.45, 2.75) is 32.9 Å². The van der Waals surface area contributed by atoms with E-state index in [1.807, 2.05) is 6.07 Å². The number of rotatable bonds is 7. The molecular formula is C16H21NOS. The van der Waals surface area contributed by atoms with E-state index in [1.54, 1.807) is 11.3 Å². The van der Waals surface area contributed by atoms with E-state index in [0.29, 0.717) is 0 Å². The lowest BCUT2D eigenvalue weighted by atomic mass is 10.1. The van der Waals surface area contributed by atoms with Gasteiger partial charge in [-0.15, -0.1) is 11.3 Å². The average Bonchev–Trinajstić information content (AvgIpc) is 2.92. The molecule has 2 nitrogen and oxygen atoms in total. The third kappa shape index (κ3) is 4.37. The fourth-order valence-corrected chi connectivity index (χ4v) is 2.66. The second-order valence-corrected chi connectivity index (χ2v) is 5.63. The van der Waals surface area contributed by atoms with E-state index in [0.717, 1.165) is 25.3 Å². The second kappa shape index (κ2) is 7.31. The molecular weight excluding hydrogens is 254 g/mol. The topological polar surface area (TPSA) is 21.3 Å². The number of hydrogen-bond donors (Lipinski definition) is 1. The first-order chi connectivity index (χ1) is 9.29. The smallest absolute Gasteiger partial charge is 0.122 e. The molecule has 1 heterocycles. The molecule has 0 aliphatic carbocycles. The molecule has 1 atom stereocenters. The number of ether oxygens (including phenoxy) is 1. The lowest BCUT2D eigenvalue weighted by molar-refractivity contribution is 0.215. The van der Waals surface area contributed by atoms with Crippen molar-refractivity contribution in [1.29, 1.82) is 0 Å². The Bertz CT molecular complexity index is 481. The van der Waals surface area contributed by atoms with Gasteiger partial charge >= 0.3 is 0 Å². The highest BCUT2D eigenvalue weighted by Crippen LogP contribution is 2.19. The van der Waals surface area contributed by atoms with Crippen molar-refractivity contribution in [3.63, 3.8) is 0 Å². The van der Waals surface area contributed by atoms with Gasteiger partial charge in [-0.1, -0.05) is 31.2 Å². The van der Waals surface area contributed by atoms with E-state index in [1.165, 1.54) is 10.4 Å². The van der Waals surface area contributed by atoms with Gasteiger partial charge in [0.1, 0.15) is 11.9 Å². The zero-order valence-corrected chi connectivity index (χ0v) is 12.4. The number of thiophene rings is 1. The van der Waals surface area contributed by atoms with Gasteiger partial charge in [0.15, 0.2) is 0 Å². The summed E-state index contributed by atoms with van der Waals surface area (Å²) in [6.07, 6.45) is 1.18. The number of nitrogens with one attached hydrogen (secondary N) is 1. The Balaban J connectivity index is 1.79. The van der Waals surface area contributed by atoms with Crippen LogP contribution in [0.2, 0.25) is 0 Å². The van der Waals surface area contributed by atoms with Crippen molar-refractivity contribution >= 4 is 11.3 Å². The van der Waals surface area contributed by atoms with Gasteiger partial charge in [-0.2, -0.15) is 0 Å². The van der Waals surface area contributed by atoms with Crippen LogP contribution in [-0.2, 0) is 13.0 Å². The van der Waals surface area contributed by atoms with Gasteiger partial charge in [0.2, 0.25) is 0 Å². The highest BCUT2D eigenvalue weighted by atomic mass is 32.1. The van der Waals surface area contributed by atoms with Crippen LogP contribution in [0, 0.1) is 0 Å². The molecule has 0 aliphatic rings. The summed E-state index contributed by atoms with van der Waals surface area (Å²) in [6, 6.07) is 12.5. The van der Waals surface area contributed by atoms with Gasteiger partial charge in [0, 0.05) is 18.0 Å². The highest BCUT2D eigenvalue weighted by molar-refractivity contribution is 7.09. The molecule has 1 aromatic carbocycles. The molecule has 0 saturated carbocycles. The Morgan fingerprint density at radius 1 is 1.21 bits per heavy atom. The monoisotopic (exact) mass is 275 g/mol. The summed E-state index contributed by atoms with van der Waals surface area (Å²) in [5.41, 5.74) is 1.27. The zero-order valence-electron chi connectivity index (χ0n) is 11.6. The van der Waals surface area contributed by atoms with Gasteiger partial charge in [-0.3, -0.25) is 0 Å². The predicted molar refractivity (Wildman–Crippen MR) is 81.9 cm³/mol. The molecule has 0 amide bonds. The number of para-hydroxylation sites is 1. The maximum absolute atomic E-state index is 6.00. The lowest BCUT2D eigenvalue weighted by Crippen LogP contribution is -2.28. The second-order valence-electron chi connectivity index (χ2n) is 4.60. The summed E-state index contributed by atoms with van der Waals surface area (Å²) in [6.45, 7) is 6.03. The van der Waals surface area contributed by atoms with Crippen molar-refractivity contribution in [3.8, 4) is 5.75 Å². The molecule has 0 fully saturated rings. The minimum absolute atomic E-state index is 0.174. The minimum Gasteiger partial charge on any atom is -0.489 e. The third-order valence-electron chi connectivity index (χ3n) is 2.99. The summed E-state index contributed by atoms with van der Waals surface area (Å²) in [7, 11) is 0. The van der Waals surface area contributed by atoms with Crippen LogP contribution >= 0.6 is 11.3 Å². The molecule has 1 N–H and O–H groups in total. The first kappa shape index (κ1) is 14.1. The molecule has 1 aromatic heterocycles. The lowest BCUT2D eigenvalue weighted by Gasteiger charge is -2.17. The Hall–Kier alpha value is -1.32. The Morgan fingerprint density at radius 2 is 2.05 bits per heavy atom. The first-order valence-electron chi connectivity index (χ1n) is 6.77. The highest BCUT2D eigenvalue weighted by Gasteiger charge is 2.06. The molecule has 0 bridgehead atoms. The molecule has 19 heavy (non-hydrogen) atoms. The van der Waals surface area contributed by atoms with E-state index < -0.39 is 0 Å². The van der Waals surface area contributed by atoms with E-state index in [-0.39, 0.29) is 6.10 Å². The maximum atomic E-state index is 6.00. The minimum atomic E-state index is 0.174. The van der Waals surface area contributed by atoms with Crippen molar-refractivity contribution in [2.24, 2.45) is 0 Å². The number of benzene rings is 1. The maximum Gasteiger partial charge on any atom is 0.122 e. The molecule has 0 spiro atoms. The van der Waals surface area contributed by atoms with Gasteiger partial charge in [0.05, 0.1) is 0 Å². The SMILES string of the molecule is CCc1ccccc1OC(C)CNCc1cccs1. The fraction of sp³-hybridized carbons (Fsp3) is 0.375. The summed E-state index contributed by atoms with van der Waals surface area (Å²) in [5, 5.41) is 5.54. The number of hydrogen-bond acceptors (Lipinski definition) is 3. The van der Waals surface area contributed by atoms with Crippen LogP contribution in [0.15, 0.2) is 41.8 Å². The van der Waals surface area contributed by atoms with Crippen LogP contribution in [0.4, 0.5) is 0 Å². The van der Waals surface area contributed by atoms with E-state index >= 15 is 0 Å². The van der Waals surface area contributed by atoms with Gasteiger partial charge in [-0.05, 0) is 36.4 Å². The Morgan fingerprint density at radius 3 is 2.79 bits per heavy atom. The summed E-state index contributed by atoms with van der Waals surface area (Å²) < 4.78 is 6.00. The molecule has 0 saturated heterocycles. The van der Waals surface area contributed by atoms with Crippen LogP contribution in [0.25, 0.3) is 0 Å². The van der Waals surface area contributed by atoms with Crippen molar-refractivity contribution in [3.05, 3.63) is 52.2 Å². The van der Waals surface area contributed by atoms with Crippen molar-refractivity contribution in [2.75, 3.05) is 6.54 Å². The van der Waals surface area contributed by atoms with Crippen molar-refractivity contribution in [1.82, 2.24) is 5.32 Å². The fourth-order valence-electron chi connectivity index (χ4n) is 1.98. The molecule has 2 aromatic rings. The summed E-state index contributed by atoms with van der Waals surface area (Å²) in [5.74, 6) is 1.01. The van der Waals surface area contributed by atoms with Crippen LogP contribution < -0.4 is 10.1 Å². The molecule has 0 radical (unpaired) electrons. The Kier molecular flexibility index (Phi) is 5.43. The van der Waals surface area contributed by atoms with Crippen LogP contribution in [0.3, 0.4) is 0 Å². The van der Waals surface area contributed by atoms with E-state index in [2.05, 4.69) is 54.9 Å². The third-order valence-corrected chi connectivity index (χ3v) is 3.87. The van der Waals surface area contributed by atoms with Crippen LogP contribution in [-0.4, -0.2) is 12.6 Å². The average molecular weight is 275 g/mol. The first-order valence-corrected chi connectivity index (χ1v) is 7.65. The van der Waals surface area contributed by atoms with Crippen LogP contribution in [0.5, 0.6) is 5.75 Å². The summed E-state index contributed by atoms with van der Waals surface area (Å²) in [4.78, 5) is 1.36. The molecule has 3 heteroatoms. The predicted octanol–water partition coefficient (Wildman–Crippen LogP) is 3.87. The Labute approximate surface area is 119 Å². The molecule has 1 unspecified atom stereocenters. The zero-order chi connectivity index (χ0) is 13.5. The normalized spacial score (nSPS) is 12.3. The van der Waals surface area contributed by atoms with E-state index in [4.69, 9.17) is 4.74 Å². The standard InChI is InChI=1S/C16H21NOS/c1-3-14-7-4-5-9-16(14)18-13(2)11-17-12-15-8-6-10-19-15/h4-10,13,17H,3,11-12H2,1-2H3. The quantitative estimate of drug-likeness (QED) is 0.828. The van der Waals surface area contributed by atoms with Gasteiger partial charge < -0.3 is 10.1 Å². The largest absolute Gasteiger partial charge is 0.489 e. The summed E-state index contributed by atoms with van der Waals surface area (Å²) >= 11 is 1.78. The van der Waals surface area contributed by atoms with Crippen LogP contribution in [0.1, 0.15) is 24.3 Å².